The highest BCUT2D eigenvalue weighted by Crippen LogP contribution is 2.14. The van der Waals surface area contributed by atoms with E-state index in [9.17, 15) is 4.79 Å². The van der Waals surface area contributed by atoms with Gasteiger partial charge in [0.25, 0.3) is 0 Å². The lowest BCUT2D eigenvalue weighted by atomic mass is 10.2. The van der Waals surface area contributed by atoms with E-state index in [1.54, 1.807) is 0 Å². The third-order valence-corrected chi connectivity index (χ3v) is 3.95. The number of pyridine rings is 1. The van der Waals surface area contributed by atoms with Crippen molar-refractivity contribution in [3.63, 3.8) is 0 Å². The normalized spacial score (nSPS) is 15.2. The number of anilines is 1. The lowest BCUT2D eigenvalue weighted by Gasteiger charge is -2.37. The number of piperazine rings is 1. The minimum atomic E-state index is 0.145. The molecule has 2 N–H and O–H groups in total. The standard InChI is InChI=1S/C15H25N5O/c1-3-18(4-2)15(21)20-9-7-19(8-10-20)14-6-5-13(11-16)12-17-14/h5-6,12H,3-4,7-11,16H2,1-2H3. The summed E-state index contributed by atoms with van der Waals surface area (Å²) in [4.78, 5) is 22.7. The molecule has 2 rings (SSSR count). The molecule has 0 bridgehead atoms. The highest BCUT2D eigenvalue weighted by Gasteiger charge is 2.24. The van der Waals surface area contributed by atoms with Gasteiger partial charge >= 0.3 is 6.03 Å². The van der Waals surface area contributed by atoms with Gasteiger partial charge in [0.05, 0.1) is 0 Å². The third-order valence-electron chi connectivity index (χ3n) is 3.95. The molecular formula is C15H25N5O. The second kappa shape index (κ2) is 7.26. The third kappa shape index (κ3) is 3.64. The van der Waals surface area contributed by atoms with Gasteiger partial charge in [0.15, 0.2) is 0 Å². The summed E-state index contributed by atoms with van der Waals surface area (Å²) in [7, 11) is 0. The van der Waals surface area contributed by atoms with Crippen LogP contribution in [0.15, 0.2) is 18.3 Å². The predicted molar refractivity (Wildman–Crippen MR) is 84.2 cm³/mol. The first kappa shape index (κ1) is 15.6. The maximum atomic E-state index is 12.3. The zero-order chi connectivity index (χ0) is 15.2. The molecule has 1 aliphatic rings. The van der Waals surface area contributed by atoms with E-state index in [4.69, 9.17) is 5.73 Å². The van der Waals surface area contributed by atoms with E-state index >= 15 is 0 Å². The fraction of sp³-hybridized carbons (Fsp3) is 0.600. The first-order valence-corrected chi connectivity index (χ1v) is 7.63. The maximum Gasteiger partial charge on any atom is 0.320 e. The molecule has 0 aliphatic carbocycles. The number of hydrogen-bond donors (Lipinski definition) is 1. The second-order valence-corrected chi connectivity index (χ2v) is 5.16. The second-order valence-electron chi connectivity index (χ2n) is 5.16. The van der Waals surface area contributed by atoms with Gasteiger partial charge in [-0.3, -0.25) is 0 Å². The van der Waals surface area contributed by atoms with Crippen LogP contribution in [0.25, 0.3) is 0 Å². The van der Waals surface area contributed by atoms with Crippen molar-refractivity contribution in [2.45, 2.75) is 20.4 Å². The Balaban J connectivity index is 1.91. The highest BCUT2D eigenvalue weighted by atomic mass is 16.2. The Hall–Kier alpha value is -1.82. The topological polar surface area (TPSA) is 65.7 Å². The highest BCUT2D eigenvalue weighted by molar-refractivity contribution is 5.74. The van der Waals surface area contributed by atoms with E-state index in [1.807, 2.05) is 42.0 Å². The van der Waals surface area contributed by atoms with Gasteiger partial charge in [0.1, 0.15) is 5.82 Å². The smallest absolute Gasteiger partial charge is 0.320 e. The largest absolute Gasteiger partial charge is 0.353 e. The Morgan fingerprint density at radius 2 is 1.90 bits per heavy atom. The molecule has 0 radical (unpaired) electrons. The van der Waals surface area contributed by atoms with Crippen LogP contribution < -0.4 is 10.6 Å². The van der Waals surface area contributed by atoms with E-state index in [-0.39, 0.29) is 6.03 Å². The van der Waals surface area contributed by atoms with Gasteiger partial charge in [0, 0.05) is 52.0 Å². The van der Waals surface area contributed by atoms with Crippen molar-refractivity contribution in [3.8, 4) is 0 Å². The summed E-state index contributed by atoms with van der Waals surface area (Å²) in [5, 5.41) is 0. The van der Waals surface area contributed by atoms with Crippen LogP contribution in [-0.2, 0) is 6.54 Å². The molecular weight excluding hydrogens is 266 g/mol. The minimum Gasteiger partial charge on any atom is -0.353 e. The number of nitrogens with two attached hydrogens (primary N) is 1. The first-order chi connectivity index (χ1) is 10.2. The fourth-order valence-corrected chi connectivity index (χ4v) is 2.55. The molecule has 6 heteroatoms. The molecule has 2 amide bonds. The molecule has 116 valence electrons. The molecule has 1 fully saturated rings. The van der Waals surface area contributed by atoms with Crippen LogP contribution in [0, 0.1) is 0 Å². The van der Waals surface area contributed by atoms with Crippen LogP contribution in [-0.4, -0.2) is 60.1 Å². The zero-order valence-electron chi connectivity index (χ0n) is 13.0. The predicted octanol–water partition coefficient (Wildman–Crippen LogP) is 1.12. The molecule has 1 aromatic rings. The van der Waals surface area contributed by atoms with Crippen LogP contribution in [0.3, 0.4) is 0 Å². The molecule has 1 aromatic heterocycles. The molecule has 0 saturated carbocycles. The summed E-state index contributed by atoms with van der Waals surface area (Å²) in [5.41, 5.74) is 6.62. The van der Waals surface area contributed by atoms with Crippen molar-refractivity contribution in [3.05, 3.63) is 23.9 Å². The summed E-state index contributed by atoms with van der Waals surface area (Å²) < 4.78 is 0. The van der Waals surface area contributed by atoms with Crippen LogP contribution in [0.4, 0.5) is 10.6 Å². The van der Waals surface area contributed by atoms with Gasteiger partial charge in [-0.2, -0.15) is 0 Å². The van der Waals surface area contributed by atoms with Crippen molar-refractivity contribution >= 4 is 11.8 Å². The van der Waals surface area contributed by atoms with Gasteiger partial charge in [0.2, 0.25) is 0 Å². The number of urea groups is 1. The molecule has 0 aromatic carbocycles. The Bertz CT molecular complexity index is 450. The van der Waals surface area contributed by atoms with Crippen molar-refractivity contribution in [1.29, 1.82) is 0 Å². The Kier molecular flexibility index (Phi) is 5.38. The van der Waals surface area contributed by atoms with Crippen LogP contribution in [0.5, 0.6) is 0 Å². The summed E-state index contributed by atoms with van der Waals surface area (Å²) in [5.74, 6) is 0.960. The monoisotopic (exact) mass is 291 g/mol. The van der Waals surface area contributed by atoms with E-state index in [2.05, 4.69) is 9.88 Å². The van der Waals surface area contributed by atoms with E-state index in [0.29, 0.717) is 6.54 Å². The average molecular weight is 291 g/mol. The molecule has 0 atom stereocenters. The number of nitrogens with zero attached hydrogens (tertiary/aromatic N) is 4. The van der Waals surface area contributed by atoms with E-state index < -0.39 is 0 Å². The van der Waals surface area contributed by atoms with Gasteiger partial charge in [-0.15, -0.1) is 0 Å². The molecule has 2 heterocycles. The van der Waals surface area contributed by atoms with Crippen LogP contribution in [0.1, 0.15) is 19.4 Å². The quantitative estimate of drug-likeness (QED) is 0.903. The average Bonchev–Trinajstić information content (AvgIpc) is 2.56. The SMILES string of the molecule is CCN(CC)C(=O)N1CCN(c2ccc(CN)cn2)CC1. The van der Waals surface area contributed by atoms with Crippen molar-refractivity contribution in [2.75, 3.05) is 44.2 Å². The lowest BCUT2D eigenvalue weighted by Crippen LogP contribution is -2.53. The van der Waals surface area contributed by atoms with Gasteiger partial charge in [-0.25, -0.2) is 9.78 Å². The first-order valence-electron chi connectivity index (χ1n) is 7.63. The van der Waals surface area contributed by atoms with E-state index in [1.165, 1.54) is 0 Å². The number of carbonyl (C=O) groups is 1. The molecule has 1 aliphatic heterocycles. The lowest BCUT2D eigenvalue weighted by molar-refractivity contribution is 0.154. The van der Waals surface area contributed by atoms with Crippen molar-refractivity contribution in [2.24, 2.45) is 5.73 Å². The van der Waals surface area contributed by atoms with Crippen molar-refractivity contribution in [1.82, 2.24) is 14.8 Å². The van der Waals surface area contributed by atoms with Crippen LogP contribution in [0.2, 0.25) is 0 Å². The number of hydrogen-bond acceptors (Lipinski definition) is 4. The molecule has 1 saturated heterocycles. The molecule has 0 unspecified atom stereocenters. The summed E-state index contributed by atoms with van der Waals surface area (Å²) in [6, 6.07) is 4.16. The Morgan fingerprint density at radius 3 is 2.38 bits per heavy atom. The number of amides is 2. The fourth-order valence-electron chi connectivity index (χ4n) is 2.55. The molecule has 21 heavy (non-hydrogen) atoms. The number of aromatic nitrogens is 1. The summed E-state index contributed by atoms with van der Waals surface area (Å²) >= 11 is 0. The zero-order valence-corrected chi connectivity index (χ0v) is 13.0. The van der Waals surface area contributed by atoms with Gasteiger partial charge in [-0.05, 0) is 25.5 Å². The minimum absolute atomic E-state index is 0.145. The van der Waals surface area contributed by atoms with Crippen molar-refractivity contribution < 1.29 is 4.79 Å². The van der Waals surface area contributed by atoms with Gasteiger partial charge in [-0.1, -0.05) is 6.07 Å². The van der Waals surface area contributed by atoms with Gasteiger partial charge < -0.3 is 20.4 Å². The summed E-state index contributed by atoms with van der Waals surface area (Å²) in [6.45, 7) is 9.20. The molecule has 0 spiro atoms. The van der Waals surface area contributed by atoms with E-state index in [0.717, 1.165) is 50.6 Å². The van der Waals surface area contributed by atoms with Crippen LogP contribution >= 0.6 is 0 Å². The number of rotatable bonds is 4. The Labute approximate surface area is 126 Å². The Morgan fingerprint density at radius 1 is 1.24 bits per heavy atom. The number of carbonyl (C=O) groups excluding carboxylic acids is 1. The molecule has 6 nitrogen and oxygen atoms in total. The maximum absolute atomic E-state index is 12.3. The summed E-state index contributed by atoms with van der Waals surface area (Å²) in [6.07, 6.45) is 1.82.